The summed E-state index contributed by atoms with van der Waals surface area (Å²) in [6, 6.07) is 0. The third-order valence-electron chi connectivity index (χ3n) is 3.37. The van der Waals surface area contributed by atoms with Crippen LogP contribution in [0.2, 0.25) is 0 Å². The molecule has 0 atom stereocenters. The molecule has 0 N–H and O–H groups in total. The van der Waals surface area contributed by atoms with Gasteiger partial charge in [0.25, 0.3) is 0 Å². The highest BCUT2D eigenvalue weighted by Crippen LogP contribution is 2.37. The standard InChI is InChI=1S/C12H23ClO3S/c1-11(2)16-9-12(10-17(13,14)15)7-5-3-4-6-8-12/h11H,3-10H2,1-2H3. The van der Waals surface area contributed by atoms with Gasteiger partial charge in [0.2, 0.25) is 9.05 Å². The zero-order chi connectivity index (χ0) is 12.9. The summed E-state index contributed by atoms with van der Waals surface area (Å²) in [5.41, 5.74) is -0.263. The van der Waals surface area contributed by atoms with E-state index in [4.69, 9.17) is 15.4 Å². The van der Waals surface area contributed by atoms with Crippen LogP contribution in [-0.4, -0.2) is 26.9 Å². The van der Waals surface area contributed by atoms with E-state index in [1.54, 1.807) is 0 Å². The molecule has 5 heteroatoms. The van der Waals surface area contributed by atoms with Crippen LogP contribution in [0.1, 0.15) is 52.4 Å². The van der Waals surface area contributed by atoms with Crippen molar-refractivity contribution in [3.05, 3.63) is 0 Å². The van der Waals surface area contributed by atoms with E-state index in [1.807, 2.05) is 13.8 Å². The number of ether oxygens (including phenoxy) is 1. The van der Waals surface area contributed by atoms with Crippen LogP contribution in [0.4, 0.5) is 0 Å². The third-order valence-corrected chi connectivity index (χ3v) is 4.65. The van der Waals surface area contributed by atoms with E-state index >= 15 is 0 Å². The first-order valence-corrected chi connectivity index (χ1v) is 8.85. The molecule has 0 aromatic rings. The summed E-state index contributed by atoms with van der Waals surface area (Å²) in [5, 5.41) is 0. The summed E-state index contributed by atoms with van der Waals surface area (Å²) in [7, 11) is 1.99. The van der Waals surface area contributed by atoms with Crippen molar-refractivity contribution in [1.82, 2.24) is 0 Å². The number of rotatable bonds is 5. The van der Waals surface area contributed by atoms with E-state index in [9.17, 15) is 8.42 Å². The van der Waals surface area contributed by atoms with Gasteiger partial charge < -0.3 is 4.74 Å². The topological polar surface area (TPSA) is 43.4 Å². The van der Waals surface area contributed by atoms with Crippen LogP contribution in [0.5, 0.6) is 0 Å². The number of halogens is 1. The molecule has 0 amide bonds. The molecule has 1 aliphatic carbocycles. The van der Waals surface area contributed by atoms with Crippen molar-refractivity contribution in [2.75, 3.05) is 12.4 Å². The molecule has 1 fully saturated rings. The van der Waals surface area contributed by atoms with Crippen molar-refractivity contribution < 1.29 is 13.2 Å². The lowest BCUT2D eigenvalue weighted by molar-refractivity contribution is 0.00929. The Morgan fingerprint density at radius 2 is 1.71 bits per heavy atom. The molecule has 0 aliphatic heterocycles. The Bertz CT molecular complexity index is 317. The van der Waals surface area contributed by atoms with Gasteiger partial charge in [-0.3, -0.25) is 0 Å². The molecule has 0 aromatic carbocycles. The highest BCUT2D eigenvalue weighted by atomic mass is 35.7. The Balaban J connectivity index is 2.74. The lowest BCUT2D eigenvalue weighted by Gasteiger charge is -2.32. The highest BCUT2D eigenvalue weighted by Gasteiger charge is 2.35. The van der Waals surface area contributed by atoms with Crippen molar-refractivity contribution >= 4 is 19.7 Å². The summed E-state index contributed by atoms with van der Waals surface area (Å²) >= 11 is 0. The van der Waals surface area contributed by atoms with Crippen LogP contribution in [0.25, 0.3) is 0 Å². The van der Waals surface area contributed by atoms with Crippen LogP contribution < -0.4 is 0 Å². The molecule has 0 saturated heterocycles. The molecule has 17 heavy (non-hydrogen) atoms. The monoisotopic (exact) mass is 282 g/mol. The molecular formula is C12H23ClO3S. The molecule has 0 heterocycles. The summed E-state index contributed by atoms with van der Waals surface area (Å²) in [6.07, 6.45) is 6.48. The predicted octanol–water partition coefficient (Wildman–Crippen LogP) is 3.32. The minimum atomic E-state index is -3.45. The molecule has 0 aromatic heterocycles. The first-order chi connectivity index (χ1) is 7.83. The van der Waals surface area contributed by atoms with Gasteiger partial charge >= 0.3 is 0 Å². The second-order valence-electron chi connectivity index (χ2n) is 5.46. The molecule has 0 radical (unpaired) electrons. The van der Waals surface area contributed by atoms with Gasteiger partial charge in [0, 0.05) is 16.1 Å². The van der Waals surface area contributed by atoms with Crippen LogP contribution in [0.15, 0.2) is 0 Å². The van der Waals surface area contributed by atoms with Crippen molar-refractivity contribution in [3.8, 4) is 0 Å². The summed E-state index contributed by atoms with van der Waals surface area (Å²) in [5.74, 6) is 0.0499. The second-order valence-corrected chi connectivity index (χ2v) is 8.23. The zero-order valence-corrected chi connectivity index (χ0v) is 12.3. The van der Waals surface area contributed by atoms with Crippen LogP contribution in [0.3, 0.4) is 0 Å². The second kappa shape index (κ2) is 6.39. The molecule has 102 valence electrons. The molecule has 3 nitrogen and oxygen atoms in total. The van der Waals surface area contributed by atoms with E-state index in [0.29, 0.717) is 6.61 Å². The van der Waals surface area contributed by atoms with Gasteiger partial charge in [-0.2, -0.15) is 0 Å². The van der Waals surface area contributed by atoms with Crippen LogP contribution in [-0.2, 0) is 13.8 Å². The Morgan fingerprint density at radius 3 is 2.12 bits per heavy atom. The normalized spacial score (nSPS) is 21.4. The molecule has 1 saturated carbocycles. The fraction of sp³-hybridized carbons (Fsp3) is 1.00. The summed E-state index contributed by atoms with van der Waals surface area (Å²) in [6.45, 7) is 4.45. The largest absolute Gasteiger partial charge is 0.378 e. The van der Waals surface area contributed by atoms with Gasteiger partial charge in [0.1, 0.15) is 0 Å². The fourth-order valence-corrected chi connectivity index (χ4v) is 4.32. The van der Waals surface area contributed by atoms with Crippen molar-refractivity contribution in [2.45, 2.75) is 58.5 Å². The van der Waals surface area contributed by atoms with Gasteiger partial charge in [-0.1, -0.05) is 25.7 Å². The van der Waals surface area contributed by atoms with Crippen molar-refractivity contribution in [2.24, 2.45) is 5.41 Å². The zero-order valence-electron chi connectivity index (χ0n) is 10.7. The molecule has 0 unspecified atom stereocenters. The molecule has 0 bridgehead atoms. The van der Waals surface area contributed by atoms with Gasteiger partial charge in [0.05, 0.1) is 18.5 Å². The maximum absolute atomic E-state index is 11.4. The van der Waals surface area contributed by atoms with E-state index in [0.717, 1.165) is 25.7 Å². The Hall–Kier alpha value is 0.200. The summed E-state index contributed by atoms with van der Waals surface area (Å²) in [4.78, 5) is 0. The SMILES string of the molecule is CC(C)OCC1(CS(=O)(=O)Cl)CCCCCC1. The predicted molar refractivity (Wildman–Crippen MR) is 70.9 cm³/mol. The molecule has 1 rings (SSSR count). The molecule has 0 spiro atoms. The van der Waals surface area contributed by atoms with E-state index in [2.05, 4.69) is 0 Å². The van der Waals surface area contributed by atoms with Crippen molar-refractivity contribution in [1.29, 1.82) is 0 Å². The smallest absolute Gasteiger partial charge is 0.233 e. The van der Waals surface area contributed by atoms with E-state index < -0.39 is 9.05 Å². The number of hydrogen-bond acceptors (Lipinski definition) is 3. The average Bonchev–Trinajstić information content (AvgIpc) is 2.39. The quantitative estimate of drug-likeness (QED) is 0.574. The van der Waals surface area contributed by atoms with Crippen LogP contribution >= 0.6 is 10.7 Å². The first-order valence-electron chi connectivity index (χ1n) is 6.37. The Kier molecular flexibility index (Phi) is 5.74. The van der Waals surface area contributed by atoms with Crippen molar-refractivity contribution in [3.63, 3.8) is 0 Å². The van der Waals surface area contributed by atoms with Gasteiger partial charge in [0.15, 0.2) is 0 Å². The maximum atomic E-state index is 11.4. The Morgan fingerprint density at radius 1 is 1.18 bits per heavy atom. The van der Waals surface area contributed by atoms with Crippen LogP contribution in [0, 0.1) is 5.41 Å². The first kappa shape index (κ1) is 15.3. The van der Waals surface area contributed by atoms with Gasteiger partial charge in [-0.15, -0.1) is 0 Å². The maximum Gasteiger partial charge on any atom is 0.233 e. The summed E-state index contributed by atoms with van der Waals surface area (Å²) < 4.78 is 28.4. The minimum absolute atomic E-state index is 0.0499. The lowest BCUT2D eigenvalue weighted by Crippen LogP contribution is -2.34. The lowest BCUT2D eigenvalue weighted by atomic mass is 9.83. The number of hydrogen-bond donors (Lipinski definition) is 0. The van der Waals surface area contributed by atoms with Gasteiger partial charge in [-0.05, 0) is 26.7 Å². The molecule has 1 aliphatic rings. The fourth-order valence-electron chi connectivity index (χ4n) is 2.52. The highest BCUT2D eigenvalue weighted by molar-refractivity contribution is 8.13. The minimum Gasteiger partial charge on any atom is -0.378 e. The molecular weight excluding hydrogens is 260 g/mol. The Labute approximate surface area is 109 Å². The van der Waals surface area contributed by atoms with Gasteiger partial charge in [-0.25, -0.2) is 8.42 Å². The van der Waals surface area contributed by atoms with E-state index in [1.165, 1.54) is 12.8 Å². The average molecular weight is 283 g/mol. The third kappa shape index (κ3) is 6.07. The van der Waals surface area contributed by atoms with E-state index in [-0.39, 0.29) is 17.3 Å².